The van der Waals surface area contributed by atoms with Gasteiger partial charge in [0.15, 0.2) is 6.29 Å². The first-order chi connectivity index (χ1) is 8.30. The molecule has 17 heavy (non-hydrogen) atoms. The van der Waals surface area contributed by atoms with Gasteiger partial charge in [-0.25, -0.2) is 0 Å². The Hall–Kier alpha value is -1.61. The first-order valence-electron chi connectivity index (χ1n) is 6.05. The summed E-state index contributed by atoms with van der Waals surface area (Å²) in [5.41, 5.74) is 1.90. The van der Waals surface area contributed by atoms with Gasteiger partial charge < -0.3 is 4.57 Å². The summed E-state index contributed by atoms with van der Waals surface area (Å²) in [4.78, 5) is 13.4. The van der Waals surface area contributed by atoms with Gasteiger partial charge in [-0.3, -0.25) is 9.69 Å². The predicted octanol–water partition coefficient (Wildman–Crippen LogP) is 2.75. The number of fused-ring (bicyclic) bond motifs is 1. The monoisotopic (exact) mass is 230 g/mol. The van der Waals surface area contributed by atoms with Crippen LogP contribution >= 0.6 is 0 Å². The molecule has 0 unspecified atom stereocenters. The summed E-state index contributed by atoms with van der Waals surface area (Å²) in [6.45, 7) is 7.16. The number of carbonyl (C=O) groups excluding carboxylic acids is 1. The molecule has 0 N–H and O–H groups in total. The minimum absolute atomic E-state index is 0.771. The second kappa shape index (κ2) is 5.15. The fraction of sp³-hybridized carbons (Fsp3) is 0.357. The molecule has 1 heterocycles. The molecule has 0 bridgehead atoms. The maximum atomic E-state index is 11.0. The number of hydrogen-bond acceptors (Lipinski definition) is 2. The van der Waals surface area contributed by atoms with E-state index in [1.165, 1.54) is 0 Å². The highest BCUT2D eigenvalue weighted by Crippen LogP contribution is 2.20. The lowest BCUT2D eigenvalue weighted by Gasteiger charge is -2.19. The van der Waals surface area contributed by atoms with Gasteiger partial charge in [-0.1, -0.05) is 32.0 Å². The van der Waals surface area contributed by atoms with Crippen molar-refractivity contribution in [2.75, 3.05) is 13.1 Å². The molecular weight excluding hydrogens is 212 g/mol. The smallest absolute Gasteiger partial charge is 0.152 e. The lowest BCUT2D eigenvalue weighted by atomic mass is 10.2. The van der Waals surface area contributed by atoms with Crippen molar-refractivity contribution in [2.24, 2.45) is 0 Å². The second-order valence-electron chi connectivity index (χ2n) is 4.13. The van der Waals surface area contributed by atoms with Gasteiger partial charge in [-0.05, 0) is 19.2 Å². The van der Waals surface area contributed by atoms with E-state index in [4.69, 9.17) is 0 Å². The molecule has 3 nitrogen and oxygen atoms in total. The molecule has 0 saturated heterocycles. The highest BCUT2D eigenvalue weighted by molar-refractivity contribution is 5.97. The van der Waals surface area contributed by atoms with Crippen LogP contribution in [-0.4, -0.2) is 28.8 Å². The number of aldehydes is 1. The van der Waals surface area contributed by atoms with Gasteiger partial charge in [0.25, 0.3) is 0 Å². The van der Waals surface area contributed by atoms with E-state index < -0.39 is 0 Å². The summed E-state index contributed by atoms with van der Waals surface area (Å²) in [5, 5.41) is 1.04. The van der Waals surface area contributed by atoms with E-state index in [1.807, 2.05) is 24.4 Å². The second-order valence-corrected chi connectivity index (χ2v) is 4.13. The van der Waals surface area contributed by atoms with E-state index >= 15 is 0 Å². The summed E-state index contributed by atoms with van der Waals surface area (Å²) in [6.07, 6.45) is 2.87. The molecule has 0 spiro atoms. The van der Waals surface area contributed by atoms with Crippen molar-refractivity contribution in [2.45, 2.75) is 20.5 Å². The van der Waals surface area contributed by atoms with Crippen molar-refractivity contribution in [3.05, 3.63) is 36.0 Å². The van der Waals surface area contributed by atoms with Gasteiger partial charge in [0, 0.05) is 22.7 Å². The fourth-order valence-corrected chi connectivity index (χ4v) is 2.13. The molecule has 90 valence electrons. The van der Waals surface area contributed by atoms with Gasteiger partial charge in [-0.15, -0.1) is 0 Å². The Morgan fingerprint density at radius 3 is 2.59 bits per heavy atom. The number of hydrogen-bond donors (Lipinski definition) is 0. The van der Waals surface area contributed by atoms with Crippen molar-refractivity contribution < 1.29 is 4.79 Å². The quantitative estimate of drug-likeness (QED) is 0.738. The standard InChI is InChI=1S/C14H18N2O/c1-3-15(4-2)11-16-9-12(10-17)13-7-5-6-8-14(13)16/h5-10H,3-4,11H2,1-2H3. The van der Waals surface area contributed by atoms with Gasteiger partial charge in [0.2, 0.25) is 0 Å². The highest BCUT2D eigenvalue weighted by Gasteiger charge is 2.08. The van der Waals surface area contributed by atoms with Crippen molar-refractivity contribution in [3.8, 4) is 0 Å². The minimum Gasteiger partial charge on any atom is -0.333 e. The molecule has 0 amide bonds. The Balaban J connectivity index is 2.43. The zero-order valence-corrected chi connectivity index (χ0v) is 10.4. The molecule has 1 aromatic carbocycles. The topological polar surface area (TPSA) is 25.2 Å². The molecule has 0 aliphatic rings. The summed E-state index contributed by atoms with van der Waals surface area (Å²) in [5.74, 6) is 0. The van der Waals surface area contributed by atoms with E-state index in [1.54, 1.807) is 0 Å². The van der Waals surface area contributed by atoms with Crippen LogP contribution < -0.4 is 0 Å². The van der Waals surface area contributed by atoms with Crippen molar-refractivity contribution in [3.63, 3.8) is 0 Å². The number of benzene rings is 1. The average molecular weight is 230 g/mol. The summed E-state index contributed by atoms with van der Waals surface area (Å²) >= 11 is 0. The van der Waals surface area contributed by atoms with Crippen LogP contribution in [0.3, 0.4) is 0 Å². The van der Waals surface area contributed by atoms with Crippen LogP contribution in [0, 0.1) is 0 Å². The van der Waals surface area contributed by atoms with Gasteiger partial charge in [0.05, 0.1) is 6.67 Å². The Bertz CT molecular complexity index is 512. The summed E-state index contributed by atoms with van der Waals surface area (Å²) in [6, 6.07) is 8.04. The Kier molecular flexibility index (Phi) is 3.59. The van der Waals surface area contributed by atoms with Crippen molar-refractivity contribution >= 4 is 17.2 Å². The Morgan fingerprint density at radius 2 is 1.94 bits per heavy atom. The average Bonchev–Trinajstić information content (AvgIpc) is 2.74. The van der Waals surface area contributed by atoms with Gasteiger partial charge >= 0.3 is 0 Å². The molecule has 2 aromatic rings. The predicted molar refractivity (Wildman–Crippen MR) is 70.2 cm³/mol. The molecule has 0 aliphatic carbocycles. The zero-order valence-electron chi connectivity index (χ0n) is 10.4. The molecule has 0 fully saturated rings. The lowest BCUT2D eigenvalue weighted by molar-refractivity contribution is 0.112. The maximum Gasteiger partial charge on any atom is 0.152 e. The Morgan fingerprint density at radius 1 is 1.24 bits per heavy atom. The first-order valence-corrected chi connectivity index (χ1v) is 6.05. The number of rotatable bonds is 5. The summed E-state index contributed by atoms with van der Waals surface area (Å²) in [7, 11) is 0. The third-order valence-corrected chi connectivity index (χ3v) is 3.19. The normalized spacial score (nSPS) is 11.2. The number of carbonyl (C=O) groups is 1. The highest BCUT2D eigenvalue weighted by atomic mass is 16.1. The van der Waals surface area contributed by atoms with Crippen LogP contribution in [0.4, 0.5) is 0 Å². The van der Waals surface area contributed by atoms with Crippen molar-refractivity contribution in [1.29, 1.82) is 0 Å². The third-order valence-electron chi connectivity index (χ3n) is 3.19. The fourth-order valence-electron chi connectivity index (χ4n) is 2.13. The molecule has 1 aromatic heterocycles. The van der Waals surface area contributed by atoms with Crippen LogP contribution in [0.1, 0.15) is 24.2 Å². The molecule has 2 rings (SSSR count). The molecule has 0 atom stereocenters. The third kappa shape index (κ3) is 2.24. The van der Waals surface area contributed by atoms with E-state index in [0.717, 1.165) is 42.5 Å². The van der Waals surface area contributed by atoms with E-state index in [9.17, 15) is 4.79 Å². The molecule has 0 saturated carbocycles. The van der Waals surface area contributed by atoms with Crippen LogP contribution in [0.25, 0.3) is 10.9 Å². The van der Waals surface area contributed by atoms with Gasteiger partial charge in [-0.2, -0.15) is 0 Å². The van der Waals surface area contributed by atoms with Crippen LogP contribution in [-0.2, 0) is 6.67 Å². The number of nitrogens with zero attached hydrogens (tertiary/aromatic N) is 2. The van der Waals surface area contributed by atoms with E-state index in [0.29, 0.717) is 0 Å². The number of para-hydroxylation sites is 1. The van der Waals surface area contributed by atoms with Crippen molar-refractivity contribution in [1.82, 2.24) is 9.47 Å². The number of aromatic nitrogens is 1. The molecule has 0 aliphatic heterocycles. The molecule has 3 heteroatoms. The van der Waals surface area contributed by atoms with Gasteiger partial charge in [0.1, 0.15) is 0 Å². The van der Waals surface area contributed by atoms with Crippen LogP contribution in [0.2, 0.25) is 0 Å². The Labute approximate surface area is 102 Å². The summed E-state index contributed by atoms with van der Waals surface area (Å²) < 4.78 is 2.14. The lowest BCUT2D eigenvalue weighted by Crippen LogP contribution is -2.25. The largest absolute Gasteiger partial charge is 0.333 e. The maximum absolute atomic E-state index is 11.0. The minimum atomic E-state index is 0.771. The van der Waals surface area contributed by atoms with E-state index in [2.05, 4.69) is 29.4 Å². The zero-order chi connectivity index (χ0) is 12.3. The van der Waals surface area contributed by atoms with Crippen LogP contribution in [0.5, 0.6) is 0 Å². The van der Waals surface area contributed by atoms with E-state index in [-0.39, 0.29) is 0 Å². The SMILES string of the molecule is CCN(CC)Cn1cc(C=O)c2ccccc21. The first kappa shape index (κ1) is 11.9. The molecule has 0 radical (unpaired) electrons. The molecular formula is C14H18N2O. The van der Waals surface area contributed by atoms with Crippen LogP contribution in [0.15, 0.2) is 30.5 Å².